The maximum atomic E-state index is 12.7. The first-order chi connectivity index (χ1) is 21.9. The number of ether oxygens (including phenoxy) is 1. The molecule has 0 atom stereocenters. The van der Waals surface area contributed by atoms with Crippen LogP contribution in [-0.2, 0) is 21.4 Å². The van der Waals surface area contributed by atoms with Gasteiger partial charge in [-0.15, -0.1) is 0 Å². The average molecular weight is 629 g/mol. The van der Waals surface area contributed by atoms with Gasteiger partial charge < -0.3 is 24.6 Å². The molecule has 234 valence electrons. The second-order valence-corrected chi connectivity index (χ2v) is 12.2. The molecule has 5 aromatic rings. The lowest BCUT2D eigenvalue weighted by Gasteiger charge is -2.14. The molecule has 3 heterocycles. The number of hydrogen-bond donors (Lipinski definition) is 3. The minimum absolute atomic E-state index is 0.159. The molecule has 0 bridgehead atoms. The molecular weight excluding hydrogens is 592 g/mol. The van der Waals surface area contributed by atoms with Crippen LogP contribution in [0.5, 0.6) is 5.75 Å². The molecule has 1 aliphatic heterocycles. The fourth-order valence-electron chi connectivity index (χ4n) is 5.35. The molecule has 0 radical (unpaired) electrons. The number of hydrogen-bond acceptors (Lipinski definition) is 8. The highest BCUT2D eigenvalue weighted by Crippen LogP contribution is 2.27. The zero-order valence-corrected chi connectivity index (χ0v) is 25.8. The van der Waals surface area contributed by atoms with Crippen LogP contribution in [0.1, 0.15) is 19.3 Å². The van der Waals surface area contributed by atoms with Crippen LogP contribution in [0.4, 0.5) is 17.2 Å². The summed E-state index contributed by atoms with van der Waals surface area (Å²) >= 11 is 0. The van der Waals surface area contributed by atoms with Gasteiger partial charge in [0.05, 0.1) is 17.7 Å². The van der Waals surface area contributed by atoms with Gasteiger partial charge in [-0.25, -0.2) is 18.4 Å². The Morgan fingerprint density at radius 2 is 1.62 bits per heavy atom. The van der Waals surface area contributed by atoms with Crippen molar-refractivity contribution in [1.82, 2.24) is 19.4 Å². The summed E-state index contributed by atoms with van der Waals surface area (Å²) in [4.78, 5) is 20.0. The third-order valence-corrected chi connectivity index (χ3v) is 8.98. The number of nitrogens with one attached hydrogen (secondary N) is 2. The molecule has 1 fully saturated rings. The number of likely N-dealkylation sites (tertiary alicyclic amines) is 1. The zero-order chi connectivity index (χ0) is 31.6. The fourth-order valence-corrected chi connectivity index (χ4v) is 6.41. The van der Waals surface area contributed by atoms with Crippen LogP contribution in [0, 0.1) is 0 Å². The summed E-state index contributed by atoms with van der Waals surface area (Å²) in [5.41, 5.74) is 4.30. The third-order valence-electron chi connectivity index (χ3n) is 7.59. The third kappa shape index (κ3) is 8.16. The van der Waals surface area contributed by atoms with Crippen LogP contribution in [-0.4, -0.2) is 66.2 Å². The molecule has 6 rings (SSSR count). The number of fused-ring (bicyclic) bond motifs is 1. The molecule has 0 saturated carbocycles. The van der Waals surface area contributed by atoms with Gasteiger partial charge in [-0.2, -0.15) is 0 Å². The van der Waals surface area contributed by atoms with E-state index in [0.29, 0.717) is 17.3 Å². The van der Waals surface area contributed by atoms with Crippen LogP contribution in [0.2, 0.25) is 0 Å². The van der Waals surface area contributed by atoms with Crippen molar-refractivity contribution in [2.45, 2.75) is 30.7 Å². The second-order valence-electron chi connectivity index (χ2n) is 10.6. The lowest BCUT2D eigenvalue weighted by molar-refractivity contribution is -0.122. The predicted molar refractivity (Wildman–Crippen MR) is 175 cm³/mol. The first-order valence-corrected chi connectivity index (χ1v) is 16.1. The minimum Gasteiger partial charge on any atom is -0.497 e. The summed E-state index contributed by atoms with van der Waals surface area (Å²) in [5, 5.41) is 11.4. The van der Waals surface area contributed by atoms with E-state index in [1.807, 2.05) is 6.07 Å². The van der Waals surface area contributed by atoms with E-state index in [9.17, 15) is 8.42 Å². The lowest BCUT2D eigenvalue weighted by Crippen LogP contribution is -2.21. The van der Waals surface area contributed by atoms with Crippen molar-refractivity contribution in [2.75, 3.05) is 36.8 Å². The quantitative estimate of drug-likeness (QED) is 0.154. The molecule has 2 aromatic heterocycles. The number of aromatic nitrogens is 3. The van der Waals surface area contributed by atoms with Gasteiger partial charge in [-0.1, -0.05) is 6.07 Å². The van der Waals surface area contributed by atoms with Gasteiger partial charge in [0.2, 0.25) is 0 Å². The van der Waals surface area contributed by atoms with Crippen LogP contribution in [0.25, 0.3) is 22.2 Å². The van der Waals surface area contributed by atoms with E-state index in [1.165, 1.54) is 56.1 Å². The van der Waals surface area contributed by atoms with Crippen LogP contribution in [0.3, 0.4) is 0 Å². The molecule has 0 unspecified atom stereocenters. The Balaban J connectivity index is 0.00000128. The lowest BCUT2D eigenvalue weighted by atomic mass is 10.1. The highest BCUT2D eigenvalue weighted by Gasteiger charge is 2.15. The number of nitrogens with zero attached hydrogens (tertiary/aromatic N) is 4. The van der Waals surface area contributed by atoms with Crippen LogP contribution < -0.4 is 14.8 Å². The average Bonchev–Trinajstić information content (AvgIpc) is 3.72. The molecule has 1 aliphatic rings. The van der Waals surface area contributed by atoms with Gasteiger partial charge in [-0.3, -0.25) is 9.52 Å². The topological polar surface area (TPSA) is 139 Å². The maximum absolute atomic E-state index is 12.7. The molecule has 1 saturated heterocycles. The van der Waals surface area contributed by atoms with Gasteiger partial charge in [0.1, 0.15) is 17.9 Å². The number of rotatable bonds is 11. The fraction of sp³-hybridized carbons (Fsp3) is 0.242. The van der Waals surface area contributed by atoms with E-state index in [4.69, 9.17) is 14.6 Å². The summed E-state index contributed by atoms with van der Waals surface area (Å²) in [5.74, 6) is 1.24. The van der Waals surface area contributed by atoms with E-state index < -0.39 is 10.0 Å². The largest absolute Gasteiger partial charge is 0.497 e. The first kappa shape index (κ1) is 31.5. The van der Waals surface area contributed by atoms with Crippen LogP contribution >= 0.6 is 0 Å². The minimum atomic E-state index is -3.72. The molecule has 3 N–H and O–H groups in total. The number of anilines is 3. The Kier molecular flexibility index (Phi) is 10.3. The number of aryl methyl sites for hydroxylation is 1. The Labute approximate surface area is 262 Å². The molecule has 3 aromatic carbocycles. The van der Waals surface area contributed by atoms with Gasteiger partial charge >= 0.3 is 0 Å². The van der Waals surface area contributed by atoms with Crippen molar-refractivity contribution in [3.63, 3.8) is 0 Å². The number of benzene rings is 3. The van der Waals surface area contributed by atoms with Crippen molar-refractivity contribution >= 4 is 44.6 Å². The van der Waals surface area contributed by atoms with Gasteiger partial charge in [-0.05, 0) is 106 Å². The van der Waals surface area contributed by atoms with E-state index >= 15 is 0 Å². The normalized spacial score (nSPS) is 13.2. The monoisotopic (exact) mass is 628 g/mol. The summed E-state index contributed by atoms with van der Waals surface area (Å²) in [7, 11) is -2.18. The summed E-state index contributed by atoms with van der Waals surface area (Å²) in [6.07, 6.45) is 7.53. The molecule has 0 aliphatic carbocycles. The predicted octanol–water partition coefficient (Wildman–Crippen LogP) is 5.84. The highest BCUT2D eigenvalue weighted by molar-refractivity contribution is 7.92. The van der Waals surface area contributed by atoms with Crippen molar-refractivity contribution < 1.29 is 23.1 Å². The Bertz CT molecular complexity index is 1820. The molecule has 45 heavy (non-hydrogen) atoms. The van der Waals surface area contributed by atoms with E-state index in [2.05, 4.69) is 59.9 Å². The summed E-state index contributed by atoms with van der Waals surface area (Å²) < 4.78 is 35.5. The van der Waals surface area contributed by atoms with E-state index in [0.717, 1.165) is 36.5 Å². The second kappa shape index (κ2) is 14.7. The smallest absolute Gasteiger partial charge is 0.290 e. The van der Waals surface area contributed by atoms with Gasteiger partial charge in [0.15, 0.2) is 0 Å². The first-order valence-electron chi connectivity index (χ1n) is 14.6. The molecular formula is C33H36N6O5S. The van der Waals surface area contributed by atoms with E-state index in [1.54, 1.807) is 42.7 Å². The maximum Gasteiger partial charge on any atom is 0.290 e. The number of carboxylic acid groups (broad SMARTS) is 1. The standard InChI is InChI=1S/C32H34N6O3S.CH2O2/c1-41-28-10-12-29(13-11-28)42(39,40)36-27-8-6-26(7-9-27)35-32-22-30(33-23-34-32)24-5-14-31-25(21-24)15-20-38(31)19-4-18-37-16-2-3-17-37;2-1-3/h5-15,20-23,36H,2-4,16-19H2,1H3,(H,33,34,35);1H,(H,2,3). The SMILES string of the molecule is COc1ccc(S(=O)(=O)Nc2ccc(Nc3cc(-c4ccc5c(ccn5CCCN5CCCC5)c4)ncn3)cc2)cc1.O=CO. The van der Waals surface area contributed by atoms with Crippen molar-refractivity contribution in [3.8, 4) is 17.0 Å². The van der Waals surface area contributed by atoms with Gasteiger partial charge in [0, 0.05) is 46.6 Å². The molecule has 11 nitrogen and oxygen atoms in total. The molecule has 0 amide bonds. The number of sulfonamides is 1. The molecule has 12 heteroatoms. The van der Waals surface area contributed by atoms with Crippen LogP contribution in [0.15, 0.2) is 96.3 Å². The number of methoxy groups -OCH3 is 1. The Morgan fingerprint density at radius 3 is 2.33 bits per heavy atom. The zero-order valence-electron chi connectivity index (χ0n) is 25.0. The van der Waals surface area contributed by atoms with E-state index in [-0.39, 0.29) is 11.4 Å². The van der Waals surface area contributed by atoms with Crippen molar-refractivity contribution in [2.24, 2.45) is 0 Å². The Morgan fingerprint density at radius 1 is 0.911 bits per heavy atom. The summed E-state index contributed by atoms with van der Waals surface area (Å²) in [6, 6.07) is 23.8. The number of carbonyl (C=O) groups is 1. The van der Waals surface area contributed by atoms with Crippen molar-refractivity contribution in [1.29, 1.82) is 0 Å². The summed E-state index contributed by atoms with van der Waals surface area (Å²) in [6.45, 7) is 4.41. The Hall–Kier alpha value is -4.94. The highest BCUT2D eigenvalue weighted by atomic mass is 32.2. The molecule has 0 spiro atoms. The van der Waals surface area contributed by atoms with Gasteiger partial charge in [0.25, 0.3) is 16.5 Å². The van der Waals surface area contributed by atoms with Crippen molar-refractivity contribution in [3.05, 3.63) is 91.4 Å².